The molecule has 0 bridgehead atoms. The Morgan fingerprint density at radius 1 is 1.28 bits per heavy atom. The number of hydrogen-bond acceptors (Lipinski definition) is 3. The third-order valence-corrected chi connectivity index (χ3v) is 4.38. The SMILES string of the molecule is Cc1cc(C)n([C@H](CNC(=O)Cc2ccccc2Cl)c2ccco2)n1. The normalized spacial score (nSPS) is 12.1. The Balaban J connectivity index is 1.72. The van der Waals surface area contributed by atoms with Gasteiger partial charge in [0, 0.05) is 17.3 Å². The fourth-order valence-electron chi connectivity index (χ4n) is 2.84. The molecule has 0 aliphatic heterocycles. The van der Waals surface area contributed by atoms with Crippen molar-refractivity contribution in [3.8, 4) is 0 Å². The Labute approximate surface area is 151 Å². The Kier molecular flexibility index (Phi) is 5.24. The lowest BCUT2D eigenvalue weighted by molar-refractivity contribution is -0.120. The molecule has 0 saturated heterocycles. The first-order valence-electron chi connectivity index (χ1n) is 8.11. The van der Waals surface area contributed by atoms with E-state index in [1.807, 2.05) is 54.9 Å². The number of furan rings is 1. The molecule has 0 fully saturated rings. The molecule has 0 aliphatic carbocycles. The van der Waals surface area contributed by atoms with E-state index in [9.17, 15) is 4.79 Å². The van der Waals surface area contributed by atoms with Crippen molar-refractivity contribution < 1.29 is 9.21 Å². The number of rotatable bonds is 6. The van der Waals surface area contributed by atoms with Gasteiger partial charge < -0.3 is 9.73 Å². The fraction of sp³-hybridized carbons (Fsp3) is 0.263. The summed E-state index contributed by atoms with van der Waals surface area (Å²) in [7, 11) is 0. The predicted molar refractivity (Wildman–Crippen MR) is 96.7 cm³/mol. The van der Waals surface area contributed by atoms with Gasteiger partial charge in [0.15, 0.2) is 0 Å². The molecule has 25 heavy (non-hydrogen) atoms. The summed E-state index contributed by atoms with van der Waals surface area (Å²) in [5.74, 6) is 0.662. The summed E-state index contributed by atoms with van der Waals surface area (Å²) in [6, 6.07) is 12.9. The topological polar surface area (TPSA) is 60.1 Å². The molecule has 0 radical (unpaired) electrons. The van der Waals surface area contributed by atoms with Gasteiger partial charge >= 0.3 is 0 Å². The van der Waals surface area contributed by atoms with Crippen molar-refractivity contribution in [2.75, 3.05) is 6.54 Å². The van der Waals surface area contributed by atoms with Crippen LogP contribution in [-0.4, -0.2) is 22.2 Å². The van der Waals surface area contributed by atoms with Gasteiger partial charge in [0.2, 0.25) is 5.91 Å². The number of aromatic nitrogens is 2. The van der Waals surface area contributed by atoms with Crippen molar-refractivity contribution in [3.63, 3.8) is 0 Å². The number of aryl methyl sites for hydroxylation is 2. The second kappa shape index (κ2) is 7.57. The van der Waals surface area contributed by atoms with Crippen LogP contribution in [0.1, 0.15) is 28.8 Å². The van der Waals surface area contributed by atoms with E-state index in [1.54, 1.807) is 12.3 Å². The molecule has 1 amide bonds. The Morgan fingerprint density at radius 2 is 2.08 bits per heavy atom. The van der Waals surface area contributed by atoms with Crippen molar-refractivity contribution in [2.24, 2.45) is 0 Å². The molecule has 0 saturated carbocycles. The highest BCUT2D eigenvalue weighted by Crippen LogP contribution is 2.20. The van der Waals surface area contributed by atoms with Crippen LogP contribution in [0, 0.1) is 13.8 Å². The highest BCUT2D eigenvalue weighted by atomic mass is 35.5. The minimum atomic E-state index is -0.195. The number of nitrogens with zero attached hydrogens (tertiary/aromatic N) is 2. The van der Waals surface area contributed by atoms with Gasteiger partial charge in [0.05, 0.1) is 18.4 Å². The number of carbonyl (C=O) groups excluding carboxylic acids is 1. The summed E-state index contributed by atoms with van der Waals surface area (Å²) in [5, 5.41) is 8.09. The summed E-state index contributed by atoms with van der Waals surface area (Å²) in [5.41, 5.74) is 2.75. The summed E-state index contributed by atoms with van der Waals surface area (Å²) >= 11 is 6.12. The first-order chi connectivity index (χ1) is 12.0. The Hall–Kier alpha value is -2.53. The maximum absolute atomic E-state index is 12.3. The van der Waals surface area contributed by atoms with Crippen LogP contribution in [0.3, 0.4) is 0 Å². The van der Waals surface area contributed by atoms with Crippen LogP contribution in [0.5, 0.6) is 0 Å². The van der Waals surface area contributed by atoms with E-state index in [1.165, 1.54) is 0 Å². The zero-order chi connectivity index (χ0) is 17.8. The first-order valence-corrected chi connectivity index (χ1v) is 8.48. The number of halogens is 1. The van der Waals surface area contributed by atoms with Gasteiger partial charge in [0.25, 0.3) is 0 Å². The second-order valence-corrected chi connectivity index (χ2v) is 6.38. The smallest absolute Gasteiger partial charge is 0.224 e. The van der Waals surface area contributed by atoms with Gasteiger partial charge in [-0.1, -0.05) is 29.8 Å². The van der Waals surface area contributed by atoms with E-state index in [0.717, 1.165) is 22.7 Å². The van der Waals surface area contributed by atoms with Gasteiger partial charge in [-0.2, -0.15) is 5.10 Å². The largest absolute Gasteiger partial charge is 0.467 e. The molecule has 2 heterocycles. The number of benzene rings is 1. The minimum Gasteiger partial charge on any atom is -0.467 e. The molecule has 3 rings (SSSR count). The third kappa shape index (κ3) is 4.12. The summed E-state index contributed by atoms with van der Waals surface area (Å²) in [4.78, 5) is 12.3. The van der Waals surface area contributed by atoms with E-state index in [4.69, 9.17) is 16.0 Å². The van der Waals surface area contributed by atoms with Crippen LogP contribution in [0.2, 0.25) is 5.02 Å². The standard InChI is InChI=1S/C19H20ClN3O2/c1-13-10-14(2)23(22-13)17(18-8-5-9-25-18)12-21-19(24)11-15-6-3-4-7-16(15)20/h3-10,17H,11-12H2,1-2H3,(H,21,24)/t17-/m1/s1. The molecule has 0 aliphatic rings. The molecular formula is C19H20ClN3O2. The van der Waals surface area contributed by atoms with Gasteiger partial charge in [-0.3, -0.25) is 9.48 Å². The number of amides is 1. The maximum atomic E-state index is 12.3. The fourth-order valence-corrected chi connectivity index (χ4v) is 3.04. The van der Waals surface area contributed by atoms with Gasteiger partial charge in [-0.05, 0) is 43.7 Å². The first kappa shape index (κ1) is 17.3. The molecule has 1 N–H and O–H groups in total. The van der Waals surface area contributed by atoms with Crippen LogP contribution in [-0.2, 0) is 11.2 Å². The zero-order valence-electron chi connectivity index (χ0n) is 14.2. The Bertz CT molecular complexity index is 855. The second-order valence-electron chi connectivity index (χ2n) is 5.98. The molecule has 130 valence electrons. The lowest BCUT2D eigenvalue weighted by atomic mass is 10.1. The predicted octanol–water partition coefficient (Wildman–Crippen LogP) is 3.69. The van der Waals surface area contributed by atoms with Crippen molar-refractivity contribution in [2.45, 2.75) is 26.3 Å². The summed E-state index contributed by atoms with van der Waals surface area (Å²) in [6.07, 6.45) is 1.86. The molecule has 1 atom stereocenters. The van der Waals surface area contributed by atoms with Crippen LogP contribution in [0.25, 0.3) is 0 Å². The monoisotopic (exact) mass is 357 g/mol. The lowest BCUT2D eigenvalue weighted by Gasteiger charge is -2.18. The minimum absolute atomic E-state index is 0.0915. The average Bonchev–Trinajstić information content (AvgIpc) is 3.20. The van der Waals surface area contributed by atoms with Crippen molar-refractivity contribution in [3.05, 3.63) is 76.5 Å². The number of carbonyl (C=O) groups is 1. The third-order valence-electron chi connectivity index (χ3n) is 4.01. The van der Waals surface area contributed by atoms with Gasteiger partial charge in [-0.15, -0.1) is 0 Å². The average molecular weight is 358 g/mol. The number of nitrogens with one attached hydrogen (secondary N) is 1. The van der Waals surface area contributed by atoms with Crippen LogP contribution < -0.4 is 5.32 Å². The van der Waals surface area contributed by atoms with Gasteiger partial charge in [0.1, 0.15) is 11.8 Å². The van der Waals surface area contributed by atoms with E-state index in [2.05, 4.69) is 10.4 Å². The Morgan fingerprint density at radius 3 is 2.72 bits per heavy atom. The van der Waals surface area contributed by atoms with Crippen molar-refractivity contribution >= 4 is 17.5 Å². The quantitative estimate of drug-likeness (QED) is 0.731. The van der Waals surface area contributed by atoms with Gasteiger partial charge in [-0.25, -0.2) is 0 Å². The van der Waals surface area contributed by atoms with E-state index < -0.39 is 0 Å². The molecule has 6 heteroatoms. The van der Waals surface area contributed by atoms with Crippen LogP contribution >= 0.6 is 11.6 Å². The maximum Gasteiger partial charge on any atom is 0.224 e. The summed E-state index contributed by atoms with van der Waals surface area (Å²) in [6.45, 7) is 4.32. The van der Waals surface area contributed by atoms with E-state index in [-0.39, 0.29) is 18.4 Å². The van der Waals surface area contributed by atoms with Crippen LogP contribution in [0.15, 0.2) is 53.1 Å². The van der Waals surface area contributed by atoms with Crippen LogP contribution in [0.4, 0.5) is 0 Å². The molecule has 2 aromatic heterocycles. The molecule has 0 unspecified atom stereocenters. The van der Waals surface area contributed by atoms with E-state index in [0.29, 0.717) is 11.6 Å². The lowest BCUT2D eigenvalue weighted by Crippen LogP contribution is -2.33. The summed E-state index contributed by atoms with van der Waals surface area (Å²) < 4.78 is 7.43. The zero-order valence-corrected chi connectivity index (χ0v) is 15.0. The molecule has 1 aromatic carbocycles. The highest BCUT2D eigenvalue weighted by molar-refractivity contribution is 6.31. The molecule has 5 nitrogen and oxygen atoms in total. The molecular weight excluding hydrogens is 338 g/mol. The molecule has 0 spiro atoms. The number of hydrogen-bond donors (Lipinski definition) is 1. The van der Waals surface area contributed by atoms with Crippen molar-refractivity contribution in [1.82, 2.24) is 15.1 Å². The highest BCUT2D eigenvalue weighted by Gasteiger charge is 2.20. The van der Waals surface area contributed by atoms with E-state index >= 15 is 0 Å². The molecule has 3 aromatic rings. The van der Waals surface area contributed by atoms with Crippen molar-refractivity contribution in [1.29, 1.82) is 0 Å².